The van der Waals surface area contributed by atoms with Crippen molar-refractivity contribution in [1.29, 1.82) is 0 Å². The fourth-order valence-corrected chi connectivity index (χ4v) is 5.52. The van der Waals surface area contributed by atoms with Crippen LogP contribution in [0.3, 0.4) is 0 Å². The number of carbonyl (C=O) groups is 1. The maximum absolute atomic E-state index is 13.7. The number of fused-ring (bicyclic) bond motifs is 1. The lowest BCUT2D eigenvalue weighted by atomic mass is 10.2. The molecule has 0 saturated carbocycles. The Balaban J connectivity index is 1.52. The lowest BCUT2D eigenvalue weighted by Crippen LogP contribution is -2.39. The van der Waals surface area contributed by atoms with Gasteiger partial charge in [0.05, 0.1) is 30.0 Å². The molecular formula is C26H32BrN3O3S. The van der Waals surface area contributed by atoms with Crippen LogP contribution in [-0.4, -0.2) is 61.8 Å². The van der Waals surface area contributed by atoms with Crippen molar-refractivity contribution in [3.8, 4) is 5.75 Å². The Bertz CT molecular complexity index is 1080. The van der Waals surface area contributed by atoms with Crippen LogP contribution in [0.4, 0.5) is 5.13 Å². The normalized spacial score (nSPS) is 14.4. The summed E-state index contributed by atoms with van der Waals surface area (Å²) in [6, 6.07) is 13.5. The van der Waals surface area contributed by atoms with Gasteiger partial charge in [-0.2, -0.15) is 0 Å². The molecule has 34 heavy (non-hydrogen) atoms. The van der Waals surface area contributed by atoms with Crippen LogP contribution in [0.2, 0.25) is 0 Å². The average Bonchev–Trinajstić information content (AvgIpc) is 3.28. The van der Waals surface area contributed by atoms with Gasteiger partial charge < -0.3 is 9.47 Å². The number of carbonyl (C=O) groups excluding carboxylic acids is 1. The largest absolute Gasteiger partial charge is 0.494 e. The zero-order chi connectivity index (χ0) is 23.8. The molecule has 0 atom stereocenters. The summed E-state index contributed by atoms with van der Waals surface area (Å²) >= 11 is 5.09. The van der Waals surface area contributed by atoms with Crippen molar-refractivity contribution < 1.29 is 14.3 Å². The van der Waals surface area contributed by atoms with E-state index in [-0.39, 0.29) is 5.91 Å². The molecule has 8 heteroatoms. The molecule has 0 unspecified atom stereocenters. The van der Waals surface area contributed by atoms with Crippen LogP contribution >= 0.6 is 27.3 Å². The first kappa shape index (κ1) is 25.1. The number of anilines is 1. The van der Waals surface area contributed by atoms with Crippen molar-refractivity contribution in [1.82, 2.24) is 9.88 Å². The van der Waals surface area contributed by atoms with Gasteiger partial charge in [-0.25, -0.2) is 4.98 Å². The minimum atomic E-state index is -0.0425. The number of rotatable bonds is 11. The van der Waals surface area contributed by atoms with Crippen LogP contribution in [0.5, 0.6) is 5.75 Å². The molecule has 1 saturated heterocycles. The maximum atomic E-state index is 13.7. The predicted octanol–water partition coefficient (Wildman–Crippen LogP) is 6.00. The van der Waals surface area contributed by atoms with E-state index >= 15 is 0 Å². The lowest BCUT2D eigenvalue weighted by Gasteiger charge is -2.27. The third-order valence-corrected chi connectivity index (χ3v) is 7.41. The van der Waals surface area contributed by atoms with Gasteiger partial charge in [0.15, 0.2) is 5.13 Å². The molecular weight excluding hydrogens is 514 g/mol. The average molecular weight is 547 g/mol. The minimum absolute atomic E-state index is 0.0425. The molecule has 1 aliphatic rings. The summed E-state index contributed by atoms with van der Waals surface area (Å²) in [5.74, 6) is 0.697. The first-order valence-electron chi connectivity index (χ1n) is 12.0. The highest BCUT2D eigenvalue weighted by Gasteiger charge is 2.22. The molecule has 4 rings (SSSR count). The number of amides is 1. The highest BCUT2D eigenvalue weighted by molar-refractivity contribution is 9.10. The fourth-order valence-electron chi connectivity index (χ4n) is 3.98. The van der Waals surface area contributed by atoms with Crippen LogP contribution in [0.25, 0.3) is 10.2 Å². The zero-order valence-corrected chi connectivity index (χ0v) is 22.1. The van der Waals surface area contributed by atoms with Crippen molar-refractivity contribution in [2.24, 2.45) is 0 Å². The molecule has 182 valence electrons. The molecule has 1 aliphatic heterocycles. The Hall–Kier alpha value is -2.00. The van der Waals surface area contributed by atoms with E-state index in [1.165, 1.54) is 0 Å². The van der Waals surface area contributed by atoms with Gasteiger partial charge in [-0.1, -0.05) is 53.1 Å². The molecule has 0 radical (unpaired) electrons. The standard InChI is InChI=1S/C26H32BrN3O3S/c1-2-3-4-15-33-22-8-5-7-20(18-22)25(31)30(12-6-11-29-13-16-32-17-14-29)26-28-23-10-9-21(27)19-24(23)34-26/h5,7-10,18-19H,2-4,6,11-17H2,1H3. The maximum Gasteiger partial charge on any atom is 0.260 e. The van der Waals surface area contributed by atoms with E-state index in [4.69, 9.17) is 14.5 Å². The third-order valence-electron chi connectivity index (χ3n) is 5.87. The van der Waals surface area contributed by atoms with E-state index in [0.29, 0.717) is 18.7 Å². The number of unbranched alkanes of at least 4 members (excludes halogenated alkanes) is 2. The van der Waals surface area contributed by atoms with Crippen LogP contribution in [0.1, 0.15) is 43.0 Å². The lowest BCUT2D eigenvalue weighted by molar-refractivity contribution is 0.0376. The summed E-state index contributed by atoms with van der Waals surface area (Å²) in [5, 5.41) is 0.731. The second kappa shape index (κ2) is 12.6. The third kappa shape index (κ3) is 6.78. The predicted molar refractivity (Wildman–Crippen MR) is 142 cm³/mol. The van der Waals surface area contributed by atoms with E-state index in [1.807, 2.05) is 41.3 Å². The SMILES string of the molecule is CCCCCOc1cccc(C(=O)N(CCCN2CCOCC2)c2nc3ccc(Br)cc3s2)c1. The van der Waals surface area contributed by atoms with Crippen LogP contribution in [-0.2, 0) is 4.74 Å². The number of hydrogen-bond acceptors (Lipinski definition) is 6. The molecule has 0 N–H and O–H groups in total. The number of morpholine rings is 1. The van der Waals surface area contributed by atoms with Gasteiger partial charge in [-0.05, 0) is 49.2 Å². The Labute approximate surface area is 214 Å². The van der Waals surface area contributed by atoms with Crippen LogP contribution in [0.15, 0.2) is 46.9 Å². The summed E-state index contributed by atoms with van der Waals surface area (Å²) in [7, 11) is 0. The second-order valence-corrected chi connectivity index (χ2v) is 10.4. The van der Waals surface area contributed by atoms with E-state index in [9.17, 15) is 4.79 Å². The number of thiazole rings is 1. The Morgan fingerprint density at radius 1 is 1.18 bits per heavy atom. The molecule has 2 aromatic carbocycles. The smallest absolute Gasteiger partial charge is 0.260 e. The number of ether oxygens (including phenoxy) is 2. The zero-order valence-electron chi connectivity index (χ0n) is 19.7. The van der Waals surface area contributed by atoms with E-state index in [0.717, 1.165) is 84.1 Å². The number of halogens is 1. The topological polar surface area (TPSA) is 54.9 Å². The molecule has 1 aromatic heterocycles. The van der Waals surface area contributed by atoms with E-state index in [2.05, 4.69) is 33.8 Å². The molecule has 0 bridgehead atoms. The van der Waals surface area contributed by atoms with Gasteiger partial charge in [0.1, 0.15) is 5.75 Å². The quantitative estimate of drug-likeness (QED) is 0.276. The summed E-state index contributed by atoms with van der Waals surface area (Å²) < 4.78 is 13.4. The van der Waals surface area contributed by atoms with Gasteiger partial charge in [0, 0.05) is 36.2 Å². The molecule has 1 amide bonds. The van der Waals surface area contributed by atoms with Crippen molar-refractivity contribution >= 4 is 48.5 Å². The first-order valence-corrected chi connectivity index (χ1v) is 13.7. The Morgan fingerprint density at radius 3 is 2.85 bits per heavy atom. The van der Waals surface area contributed by atoms with Gasteiger partial charge in [-0.3, -0.25) is 14.6 Å². The van der Waals surface area contributed by atoms with Crippen molar-refractivity contribution in [2.75, 3.05) is 50.9 Å². The molecule has 0 aliphatic carbocycles. The van der Waals surface area contributed by atoms with Crippen LogP contribution < -0.4 is 9.64 Å². The Kier molecular flexibility index (Phi) is 9.33. The summed E-state index contributed by atoms with van der Waals surface area (Å²) in [6.07, 6.45) is 4.19. The van der Waals surface area contributed by atoms with Crippen molar-refractivity contribution in [3.05, 3.63) is 52.5 Å². The van der Waals surface area contributed by atoms with Crippen molar-refractivity contribution in [2.45, 2.75) is 32.6 Å². The molecule has 3 aromatic rings. The monoisotopic (exact) mass is 545 g/mol. The molecule has 2 heterocycles. The minimum Gasteiger partial charge on any atom is -0.494 e. The first-order chi connectivity index (χ1) is 16.6. The summed E-state index contributed by atoms with van der Waals surface area (Å²) in [5.41, 5.74) is 1.53. The second-order valence-electron chi connectivity index (χ2n) is 8.46. The fraction of sp³-hybridized carbons (Fsp3) is 0.462. The van der Waals surface area contributed by atoms with E-state index in [1.54, 1.807) is 11.3 Å². The number of nitrogens with zero attached hydrogens (tertiary/aromatic N) is 3. The highest BCUT2D eigenvalue weighted by Crippen LogP contribution is 2.32. The van der Waals surface area contributed by atoms with Crippen LogP contribution in [0, 0.1) is 0 Å². The van der Waals surface area contributed by atoms with Gasteiger partial charge in [0.25, 0.3) is 5.91 Å². The van der Waals surface area contributed by atoms with Gasteiger partial charge >= 0.3 is 0 Å². The molecule has 1 fully saturated rings. The summed E-state index contributed by atoms with van der Waals surface area (Å²) in [6.45, 7) is 7.83. The van der Waals surface area contributed by atoms with Gasteiger partial charge in [-0.15, -0.1) is 0 Å². The van der Waals surface area contributed by atoms with E-state index < -0.39 is 0 Å². The van der Waals surface area contributed by atoms with Gasteiger partial charge in [0.2, 0.25) is 0 Å². The summed E-state index contributed by atoms with van der Waals surface area (Å²) in [4.78, 5) is 22.7. The molecule has 6 nitrogen and oxygen atoms in total. The Morgan fingerprint density at radius 2 is 2.03 bits per heavy atom. The number of aromatic nitrogens is 1. The molecule has 0 spiro atoms. The number of benzene rings is 2. The van der Waals surface area contributed by atoms with Crippen molar-refractivity contribution in [3.63, 3.8) is 0 Å². The number of hydrogen-bond donors (Lipinski definition) is 0. The highest BCUT2D eigenvalue weighted by atomic mass is 79.9.